The van der Waals surface area contributed by atoms with Gasteiger partial charge in [0.1, 0.15) is 5.82 Å². The van der Waals surface area contributed by atoms with Crippen LogP contribution in [0.3, 0.4) is 0 Å². The topological polar surface area (TPSA) is 77.1 Å². The molecule has 202 valence electrons. The zero-order valence-corrected chi connectivity index (χ0v) is 20.0. The van der Waals surface area contributed by atoms with Crippen molar-refractivity contribution < 1.29 is 45.0 Å². The van der Waals surface area contributed by atoms with E-state index in [0.717, 1.165) is 48.6 Å². The summed E-state index contributed by atoms with van der Waals surface area (Å²) in [5.41, 5.74) is 0.942. The fourth-order valence-corrected chi connectivity index (χ4v) is 2.96. The predicted molar refractivity (Wildman–Crippen MR) is 124 cm³/mol. The lowest BCUT2D eigenvalue weighted by molar-refractivity contribution is -0.143. The lowest BCUT2D eigenvalue weighted by atomic mass is 9.98. The summed E-state index contributed by atoms with van der Waals surface area (Å²) < 4.78 is 106. The summed E-state index contributed by atoms with van der Waals surface area (Å²) in [6, 6.07) is 4.53. The number of nitrogens with two attached hydrogens (primary N) is 1. The molecule has 2 aromatic carbocycles. The molecule has 0 radical (unpaired) electrons. The van der Waals surface area contributed by atoms with E-state index in [9.17, 15) is 35.5 Å². The fraction of sp³-hybridized carbons (Fsp3) is 0.333. The first-order chi connectivity index (χ1) is 17.1. The normalized spacial score (nSPS) is 12.9. The molecule has 0 aliphatic carbocycles. The summed E-state index contributed by atoms with van der Waals surface area (Å²) in [7, 11) is 1.13. The Hall–Kier alpha value is -3.61. The van der Waals surface area contributed by atoms with E-state index in [1.54, 1.807) is 13.8 Å². The highest BCUT2D eigenvalue weighted by atomic mass is 19.4. The lowest BCUT2D eigenvalue weighted by Gasteiger charge is -2.22. The van der Waals surface area contributed by atoms with Crippen LogP contribution in [0.25, 0.3) is 5.57 Å². The lowest BCUT2D eigenvalue weighted by Crippen LogP contribution is -2.30. The molecule has 0 unspecified atom stereocenters. The molecule has 13 heteroatoms. The molecule has 1 amide bonds. The van der Waals surface area contributed by atoms with Crippen LogP contribution >= 0.6 is 0 Å². The molecule has 0 spiro atoms. The van der Waals surface area contributed by atoms with Gasteiger partial charge in [-0.1, -0.05) is 0 Å². The van der Waals surface area contributed by atoms with Crippen LogP contribution in [0.1, 0.15) is 30.5 Å². The highest BCUT2D eigenvalue weighted by Crippen LogP contribution is 2.44. The van der Waals surface area contributed by atoms with E-state index in [1.165, 1.54) is 0 Å². The zero-order valence-electron chi connectivity index (χ0n) is 20.0. The first-order valence-corrected chi connectivity index (χ1v) is 10.7. The summed E-state index contributed by atoms with van der Waals surface area (Å²) in [5.74, 6) is -1.84. The second kappa shape index (κ2) is 12.1. The maximum absolute atomic E-state index is 13.9. The number of nitrogens with zero attached hydrogens (tertiary/aromatic N) is 2. The van der Waals surface area contributed by atoms with E-state index >= 15 is 0 Å². The number of alkyl halides is 6. The third-order valence-electron chi connectivity index (χ3n) is 4.79. The van der Waals surface area contributed by atoms with Crippen molar-refractivity contribution in [3.05, 3.63) is 65.1 Å². The molecule has 0 saturated carbocycles. The largest absolute Gasteiger partial charge is 0.420 e. The van der Waals surface area contributed by atoms with Gasteiger partial charge in [0.25, 0.3) is 0 Å². The monoisotopic (exact) mass is 535 g/mol. The van der Waals surface area contributed by atoms with Crippen LogP contribution in [0, 0.1) is 5.82 Å². The predicted octanol–water partition coefficient (Wildman–Crippen LogP) is 6.29. The van der Waals surface area contributed by atoms with E-state index < -0.39 is 46.7 Å². The maximum Gasteiger partial charge on any atom is 0.420 e. The summed E-state index contributed by atoms with van der Waals surface area (Å²) in [4.78, 5) is 17.4. The SMILES string of the molecule is CC(C)OCCN=C/C(=C\N)c1cc(C(F)(F)F)cc(C(F)(F)F)c1OC(=O)N(C)c1ccc(F)cc1. The van der Waals surface area contributed by atoms with Crippen LogP contribution < -0.4 is 15.4 Å². The Kier molecular flexibility index (Phi) is 9.67. The number of benzene rings is 2. The molecule has 0 fully saturated rings. The van der Waals surface area contributed by atoms with Crippen molar-refractivity contribution in [1.29, 1.82) is 0 Å². The number of carbonyl (C=O) groups excluding carboxylic acids is 1. The van der Waals surface area contributed by atoms with Gasteiger partial charge in [-0.3, -0.25) is 9.89 Å². The van der Waals surface area contributed by atoms with E-state index in [1.807, 2.05) is 0 Å². The Labute approximate surface area is 208 Å². The number of amides is 1. The molecule has 0 heterocycles. The summed E-state index contributed by atoms with van der Waals surface area (Å²) in [5, 5.41) is 0. The average molecular weight is 535 g/mol. The van der Waals surface area contributed by atoms with Crippen molar-refractivity contribution in [1.82, 2.24) is 0 Å². The number of anilines is 1. The molecule has 2 rings (SSSR count). The first-order valence-electron chi connectivity index (χ1n) is 10.7. The van der Waals surface area contributed by atoms with Gasteiger partial charge in [-0.05, 0) is 50.2 Å². The van der Waals surface area contributed by atoms with Gasteiger partial charge in [0, 0.05) is 36.3 Å². The Morgan fingerprint density at radius 1 is 1.08 bits per heavy atom. The van der Waals surface area contributed by atoms with Gasteiger partial charge in [-0.25, -0.2) is 9.18 Å². The Balaban J connectivity index is 2.60. The van der Waals surface area contributed by atoms with Crippen molar-refractivity contribution in [3.8, 4) is 5.75 Å². The van der Waals surface area contributed by atoms with Gasteiger partial charge < -0.3 is 15.2 Å². The maximum atomic E-state index is 13.9. The van der Waals surface area contributed by atoms with Gasteiger partial charge in [-0.15, -0.1) is 0 Å². The highest BCUT2D eigenvalue weighted by Gasteiger charge is 2.41. The van der Waals surface area contributed by atoms with Crippen LogP contribution in [0.15, 0.2) is 47.6 Å². The number of rotatable bonds is 8. The molecular weight excluding hydrogens is 511 g/mol. The van der Waals surface area contributed by atoms with Crippen LogP contribution in [0.5, 0.6) is 5.75 Å². The number of hydrogen-bond donors (Lipinski definition) is 1. The Bertz CT molecular complexity index is 1140. The third kappa shape index (κ3) is 8.20. The van der Waals surface area contributed by atoms with Gasteiger partial charge in [0.2, 0.25) is 0 Å². The van der Waals surface area contributed by atoms with Gasteiger partial charge in [0.05, 0.1) is 30.4 Å². The number of ether oxygens (including phenoxy) is 2. The molecule has 2 N–H and O–H groups in total. The zero-order chi connectivity index (χ0) is 28.0. The molecule has 0 aromatic heterocycles. The van der Waals surface area contributed by atoms with Gasteiger partial charge in [-0.2, -0.15) is 26.3 Å². The Morgan fingerprint density at radius 2 is 1.70 bits per heavy atom. The van der Waals surface area contributed by atoms with Crippen molar-refractivity contribution in [2.75, 3.05) is 25.1 Å². The molecule has 37 heavy (non-hydrogen) atoms. The molecule has 0 bridgehead atoms. The average Bonchev–Trinajstić information content (AvgIpc) is 2.80. The van der Waals surface area contributed by atoms with Crippen molar-refractivity contribution >= 4 is 23.6 Å². The minimum absolute atomic E-state index is 0.0308. The Morgan fingerprint density at radius 3 is 2.22 bits per heavy atom. The quantitative estimate of drug-likeness (QED) is 0.245. The third-order valence-corrected chi connectivity index (χ3v) is 4.79. The number of hydrogen-bond acceptors (Lipinski definition) is 5. The van der Waals surface area contributed by atoms with Gasteiger partial charge >= 0.3 is 18.4 Å². The molecule has 6 nitrogen and oxygen atoms in total. The first kappa shape index (κ1) is 29.6. The standard InChI is InChI=1S/C24H24F7N3O3/c1-14(2)36-9-8-33-13-15(12-32)19-10-16(23(26,27)28)11-20(24(29,30)31)21(19)37-22(35)34(3)18-6-4-17(25)5-7-18/h4-7,10-14H,8-9,32H2,1-3H3/b15-12+,33-13?. The smallest absolute Gasteiger partial charge is 0.409 e. The van der Waals surface area contributed by atoms with Crippen LogP contribution in [-0.4, -0.2) is 38.6 Å². The summed E-state index contributed by atoms with van der Waals surface area (Å²) >= 11 is 0. The molecule has 0 saturated heterocycles. The number of halogens is 7. The van der Waals surface area contributed by atoms with Crippen molar-refractivity contribution in [2.45, 2.75) is 32.3 Å². The highest BCUT2D eigenvalue weighted by molar-refractivity contribution is 6.11. The van der Waals surface area contributed by atoms with Crippen LogP contribution in [0.2, 0.25) is 0 Å². The van der Waals surface area contributed by atoms with Gasteiger partial charge in [0.15, 0.2) is 5.75 Å². The van der Waals surface area contributed by atoms with E-state index in [0.29, 0.717) is 6.07 Å². The summed E-state index contributed by atoms with van der Waals surface area (Å²) in [6.45, 7) is 3.69. The molecule has 0 aliphatic rings. The molecule has 2 aromatic rings. The van der Waals surface area contributed by atoms with E-state index in [4.69, 9.17) is 15.2 Å². The van der Waals surface area contributed by atoms with E-state index in [2.05, 4.69) is 4.99 Å². The van der Waals surface area contributed by atoms with Crippen molar-refractivity contribution in [3.63, 3.8) is 0 Å². The molecule has 0 atom stereocenters. The van der Waals surface area contributed by atoms with Crippen LogP contribution in [0.4, 0.5) is 41.2 Å². The summed E-state index contributed by atoms with van der Waals surface area (Å²) in [6.07, 6.45) is -10.3. The second-order valence-corrected chi connectivity index (χ2v) is 7.88. The number of allylic oxidation sites excluding steroid dienone is 1. The number of carbonyl (C=O) groups is 1. The number of aliphatic imine (C=N–C) groups is 1. The second-order valence-electron chi connectivity index (χ2n) is 7.88. The minimum atomic E-state index is -5.35. The fourth-order valence-electron chi connectivity index (χ4n) is 2.96. The minimum Gasteiger partial charge on any atom is -0.409 e. The molecule has 0 aliphatic heterocycles. The van der Waals surface area contributed by atoms with Crippen LogP contribution in [-0.2, 0) is 17.1 Å². The molecular formula is C24H24F7N3O3. The van der Waals surface area contributed by atoms with E-state index in [-0.39, 0.29) is 36.6 Å². The van der Waals surface area contributed by atoms with Crippen molar-refractivity contribution in [2.24, 2.45) is 10.7 Å².